The van der Waals surface area contributed by atoms with Gasteiger partial charge in [0.05, 0.1) is 12.8 Å². The number of nitrogens with two attached hydrogens (primary N) is 1. The van der Waals surface area contributed by atoms with Gasteiger partial charge in [0, 0.05) is 5.56 Å². The molecule has 0 spiro atoms. The van der Waals surface area contributed by atoms with Crippen LogP contribution in [0.1, 0.15) is 36.4 Å². The minimum Gasteiger partial charge on any atom is -0.459 e. The second-order valence-corrected chi connectivity index (χ2v) is 4.76. The van der Waals surface area contributed by atoms with Gasteiger partial charge in [-0.25, -0.2) is 10.6 Å². The largest absolute Gasteiger partial charge is 0.459 e. The molecule has 0 aliphatic carbocycles. The third kappa shape index (κ3) is 2.14. The number of hydrogen-bond acceptors (Lipinski definition) is 5. The van der Waals surface area contributed by atoms with Crippen LogP contribution in [0.4, 0.5) is 4.79 Å². The lowest BCUT2D eigenvalue weighted by molar-refractivity contribution is -0.131. The van der Waals surface area contributed by atoms with E-state index in [0.29, 0.717) is 12.0 Å². The number of nitrogens with one attached hydrogen (secondary N) is 2. The first-order valence-corrected chi connectivity index (χ1v) is 6.14. The van der Waals surface area contributed by atoms with E-state index in [0.717, 1.165) is 4.90 Å². The first-order valence-electron chi connectivity index (χ1n) is 6.14. The van der Waals surface area contributed by atoms with E-state index in [-0.39, 0.29) is 18.2 Å². The van der Waals surface area contributed by atoms with Crippen molar-refractivity contribution in [3.8, 4) is 0 Å². The van der Waals surface area contributed by atoms with Crippen LogP contribution < -0.4 is 16.6 Å². The normalized spacial score (nSPS) is 22.1. The van der Waals surface area contributed by atoms with Crippen molar-refractivity contribution >= 4 is 17.8 Å². The molecule has 1 aliphatic rings. The minimum absolute atomic E-state index is 0.0156. The number of carbonyl (C=O) groups excluding carboxylic acids is 3. The number of imide groups is 1. The second-order valence-electron chi connectivity index (χ2n) is 4.76. The molecular formula is C12H16N4O4. The van der Waals surface area contributed by atoms with Gasteiger partial charge in [-0.2, -0.15) is 0 Å². The summed E-state index contributed by atoms with van der Waals surface area (Å²) in [6.45, 7) is 3.43. The number of furan rings is 1. The van der Waals surface area contributed by atoms with Crippen LogP contribution in [0.2, 0.25) is 0 Å². The van der Waals surface area contributed by atoms with E-state index in [2.05, 4.69) is 5.32 Å². The van der Waals surface area contributed by atoms with Crippen molar-refractivity contribution < 1.29 is 18.8 Å². The van der Waals surface area contributed by atoms with Crippen LogP contribution in [0.5, 0.6) is 0 Å². The number of carbonyl (C=O) groups is 3. The molecule has 1 fully saturated rings. The van der Waals surface area contributed by atoms with Crippen LogP contribution >= 0.6 is 0 Å². The lowest BCUT2D eigenvalue weighted by atomic mass is 9.99. The monoisotopic (exact) mass is 280 g/mol. The van der Waals surface area contributed by atoms with E-state index >= 15 is 0 Å². The topological polar surface area (TPSA) is 118 Å². The van der Waals surface area contributed by atoms with Gasteiger partial charge >= 0.3 is 11.9 Å². The van der Waals surface area contributed by atoms with Gasteiger partial charge < -0.3 is 9.73 Å². The summed E-state index contributed by atoms with van der Waals surface area (Å²) in [5.41, 5.74) is 1.45. The van der Waals surface area contributed by atoms with Crippen LogP contribution in [-0.4, -0.2) is 28.3 Å². The molecule has 8 heteroatoms. The fraction of sp³-hybridized carbons (Fsp3) is 0.417. The highest BCUT2D eigenvalue weighted by molar-refractivity contribution is 6.06. The van der Waals surface area contributed by atoms with Crippen molar-refractivity contribution in [3.63, 3.8) is 0 Å². The van der Waals surface area contributed by atoms with Crippen LogP contribution in [0.3, 0.4) is 0 Å². The molecule has 1 aliphatic heterocycles. The third-order valence-electron chi connectivity index (χ3n) is 3.46. The van der Waals surface area contributed by atoms with Crippen molar-refractivity contribution in [3.05, 3.63) is 23.7 Å². The Morgan fingerprint density at radius 1 is 1.55 bits per heavy atom. The summed E-state index contributed by atoms with van der Waals surface area (Å²) >= 11 is 0. The van der Waals surface area contributed by atoms with Gasteiger partial charge in [0.15, 0.2) is 5.76 Å². The summed E-state index contributed by atoms with van der Waals surface area (Å²) < 4.78 is 5.01. The quantitative estimate of drug-likeness (QED) is 0.313. The van der Waals surface area contributed by atoms with Gasteiger partial charge in [0.25, 0.3) is 5.91 Å². The highest BCUT2D eigenvalue weighted by atomic mass is 16.3. The van der Waals surface area contributed by atoms with Crippen molar-refractivity contribution in [1.82, 2.24) is 15.6 Å². The Labute approximate surface area is 115 Å². The molecule has 1 saturated heterocycles. The van der Waals surface area contributed by atoms with Crippen LogP contribution in [0.25, 0.3) is 0 Å². The molecule has 2 rings (SSSR count). The van der Waals surface area contributed by atoms with Crippen LogP contribution in [0.15, 0.2) is 16.7 Å². The SMILES string of the molecule is CCC1(C)NC(=O)N(Cc2ccoc2C(=O)NN)C1=O. The van der Waals surface area contributed by atoms with Crippen molar-refractivity contribution in [2.24, 2.45) is 5.84 Å². The van der Waals surface area contributed by atoms with E-state index < -0.39 is 17.5 Å². The predicted molar refractivity (Wildman–Crippen MR) is 68.1 cm³/mol. The smallest absolute Gasteiger partial charge is 0.325 e. The summed E-state index contributed by atoms with van der Waals surface area (Å²) in [6, 6.07) is 1.03. The number of urea groups is 1. The molecule has 1 aromatic heterocycles. The number of hydrogen-bond donors (Lipinski definition) is 3. The Bertz CT molecular complexity index is 568. The molecule has 2 heterocycles. The molecule has 4 N–H and O–H groups in total. The van der Waals surface area contributed by atoms with Crippen molar-refractivity contribution in [1.29, 1.82) is 0 Å². The van der Waals surface area contributed by atoms with Gasteiger partial charge in [-0.3, -0.25) is 19.9 Å². The Morgan fingerprint density at radius 3 is 2.80 bits per heavy atom. The number of hydrazine groups is 1. The molecule has 1 unspecified atom stereocenters. The molecule has 1 atom stereocenters. The Kier molecular flexibility index (Phi) is 3.49. The highest BCUT2D eigenvalue weighted by Crippen LogP contribution is 2.23. The van der Waals surface area contributed by atoms with Crippen LogP contribution in [-0.2, 0) is 11.3 Å². The van der Waals surface area contributed by atoms with Gasteiger partial charge in [-0.05, 0) is 19.4 Å². The molecule has 0 saturated carbocycles. The van der Waals surface area contributed by atoms with Gasteiger partial charge in [-0.15, -0.1) is 0 Å². The zero-order valence-corrected chi connectivity index (χ0v) is 11.2. The zero-order valence-electron chi connectivity index (χ0n) is 11.2. The molecule has 4 amide bonds. The maximum absolute atomic E-state index is 12.2. The molecule has 0 radical (unpaired) electrons. The van der Waals surface area contributed by atoms with Gasteiger partial charge in [0.1, 0.15) is 5.54 Å². The maximum Gasteiger partial charge on any atom is 0.325 e. The Morgan fingerprint density at radius 2 is 2.25 bits per heavy atom. The summed E-state index contributed by atoms with van der Waals surface area (Å²) in [7, 11) is 0. The summed E-state index contributed by atoms with van der Waals surface area (Å²) in [5.74, 6) is 4.08. The van der Waals surface area contributed by atoms with Crippen molar-refractivity contribution in [2.75, 3.05) is 0 Å². The van der Waals surface area contributed by atoms with Crippen LogP contribution in [0, 0.1) is 0 Å². The average Bonchev–Trinajstić information content (AvgIpc) is 2.97. The number of amides is 4. The minimum atomic E-state index is -0.906. The molecule has 1 aromatic rings. The van der Waals surface area contributed by atoms with Gasteiger partial charge in [-0.1, -0.05) is 6.92 Å². The van der Waals surface area contributed by atoms with E-state index in [1.807, 2.05) is 12.3 Å². The first kappa shape index (κ1) is 14.1. The summed E-state index contributed by atoms with van der Waals surface area (Å²) in [4.78, 5) is 36.6. The van der Waals surface area contributed by atoms with E-state index in [9.17, 15) is 14.4 Å². The summed E-state index contributed by atoms with van der Waals surface area (Å²) in [6.07, 6.45) is 1.78. The molecule has 0 bridgehead atoms. The molecule has 8 nitrogen and oxygen atoms in total. The second kappa shape index (κ2) is 4.97. The summed E-state index contributed by atoms with van der Waals surface area (Å²) in [5, 5.41) is 2.64. The predicted octanol–water partition coefficient (Wildman–Crippen LogP) is 0.104. The van der Waals surface area contributed by atoms with E-state index in [4.69, 9.17) is 10.3 Å². The standard InChI is InChI=1S/C12H16N4O4/c1-3-12(2)10(18)16(11(19)14-12)6-7-4-5-20-8(7)9(17)15-13/h4-5H,3,6,13H2,1-2H3,(H,14,19)(H,15,17). The number of nitrogen functional groups attached to an aromatic ring is 1. The number of nitrogens with zero attached hydrogens (tertiary/aromatic N) is 1. The lowest BCUT2D eigenvalue weighted by Gasteiger charge is -2.19. The zero-order chi connectivity index (χ0) is 14.9. The third-order valence-corrected chi connectivity index (χ3v) is 3.46. The fourth-order valence-electron chi connectivity index (χ4n) is 2.03. The maximum atomic E-state index is 12.2. The van der Waals surface area contributed by atoms with E-state index in [1.165, 1.54) is 12.3 Å². The average molecular weight is 280 g/mol. The van der Waals surface area contributed by atoms with Gasteiger partial charge in [0.2, 0.25) is 0 Å². The Hall–Kier alpha value is -2.35. The van der Waals surface area contributed by atoms with E-state index in [1.54, 1.807) is 6.92 Å². The number of rotatable bonds is 4. The Balaban J connectivity index is 2.23. The first-order chi connectivity index (χ1) is 9.42. The molecule has 108 valence electrons. The molecule has 20 heavy (non-hydrogen) atoms. The lowest BCUT2D eigenvalue weighted by Crippen LogP contribution is -2.43. The highest BCUT2D eigenvalue weighted by Gasteiger charge is 2.46. The molecular weight excluding hydrogens is 264 g/mol. The van der Waals surface area contributed by atoms with Crippen molar-refractivity contribution in [2.45, 2.75) is 32.4 Å². The fourth-order valence-corrected chi connectivity index (χ4v) is 2.03. The molecule has 0 aromatic carbocycles.